The maximum Gasteiger partial charge on any atom is 0.526 e. The average Bonchev–Trinajstić information content (AvgIpc) is 3.01. The van der Waals surface area contributed by atoms with E-state index in [4.69, 9.17) is 4.65 Å². The first-order chi connectivity index (χ1) is 13.4. The van der Waals surface area contributed by atoms with Crippen LogP contribution in [0.5, 0.6) is 5.75 Å². The van der Waals surface area contributed by atoms with Crippen LogP contribution in [0.25, 0.3) is 0 Å². The third kappa shape index (κ3) is 3.65. The molecular weight excluding hydrogens is 359 g/mol. The second kappa shape index (κ2) is 7.37. The van der Waals surface area contributed by atoms with Crippen molar-refractivity contribution in [3.63, 3.8) is 0 Å². The number of Topliss-reactive ketones (excluding diaryl/α,β-unsaturated/α-hetero) is 1. The van der Waals surface area contributed by atoms with Crippen LogP contribution in [0.1, 0.15) is 39.2 Å². The molecule has 2 aliphatic heterocycles. The molecule has 1 aromatic heterocycles. The highest BCUT2D eigenvalue weighted by atomic mass is 16.5. The number of fused-ring (bicyclic) bond motifs is 2. The molecule has 2 aliphatic rings. The lowest BCUT2D eigenvalue weighted by Crippen LogP contribution is -2.36. The second-order valence-electron chi connectivity index (χ2n) is 7.61. The third-order valence-electron chi connectivity index (χ3n) is 5.34. The number of hydrogen-bond donors (Lipinski definition) is 2. The van der Waals surface area contributed by atoms with E-state index in [-0.39, 0.29) is 29.9 Å². The van der Waals surface area contributed by atoms with E-state index in [1.54, 1.807) is 12.1 Å². The number of rotatable bonds is 5. The fraction of sp³-hybridized carbons (Fsp3) is 0.350. The highest BCUT2D eigenvalue weighted by Gasteiger charge is 2.37. The number of benzene rings is 1. The number of carboxylic acids is 1. The van der Waals surface area contributed by atoms with E-state index in [1.165, 1.54) is 17.2 Å². The Morgan fingerprint density at radius 1 is 1.29 bits per heavy atom. The van der Waals surface area contributed by atoms with Crippen LogP contribution in [0.15, 0.2) is 30.5 Å². The molecule has 7 nitrogen and oxygen atoms in total. The fourth-order valence-electron chi connectivity index (χ4n) is 3.99. The number of nitrogens with zero attached hydrogens (tertiary/aromatic N) is 2. The summed E-state index contributed by atoms with van der Waals surface area (Å²) >= 11 is 0. The van der Waals surface area contributed by atoms with Gasteiger partial charge in [-0.15, -0.1) is 0 Å². The Balaban J connectivity index is 1.43. The molecule has 2 N–H and O–H groups in total. The lowest BCUT2D eigenvalue weighted by Gasteiger charge is -2.28. The monoisotopic (exact) mass is 380 g/mol. The molecule has 0 radical (unpaired) electrons. The van der Waals surface area contributed by atoms with E-state index in [2.05, 4.69) is 9.88 Å². The Hall–Kier alpha value is -2.71. The molecule has 0 unspecified atom stereocenters. The Bertz CT molecular complexity index is 948. The number of ketones is 1. The highest BCUT2D eigenvalue weighted by molar-refractivity contribution is 6.47. The van der Waals surface area contributed by atoms with Gasteiger partial charge in [0.05, 0.1) is 5.56 Å². The van der Waals surface area contributed by atoms with Gasteiger partial charge < -0.3 is 14.8 Å². The van der Waals surface area contributed by atoms with Crippen LogP contribution in [0.4, 0.5) is 0 Å². The van der Waals surface area contributed by atoms with Crippen LogP contribution in [0, 0.1) is 0 Å². The minimum Gasteiger partial charge on any atom is -0.535 e. The first-order valence-electron chi connectivity index (χ1n) is 9.27. The van der Waals surface area contributed by atoms with Crippen molar-refractivity contribution in [2.75, 3.05) is 7.05 Å². The Labute approximate surface area is 163 Å². The number of carboxylic acid groups (broad SMARTS) is 1. The zero-order valence-electron chi connectivity index (χ0n) is 15.6. The van der Waals surface area contributed by atoms with Crippen LogP contribution in [-0.2, 0) is 30.7 Å². The maximum atomic E-state index is 12.6. The van der Waals surface area contributed by atoms with Gasteiger partial charge in [-0.25, -0.2) is 4.79 Å². The predicted molar refractivity (Wildman–Crippen MR) is 102 cm³/mol. The number of carbonyl (C=O) groups excluding carboxylic acids is 1. The third-order valence-corrected chi connectivity index (χ3v) is 5.34. The van der Waals surface area contributed by atoms with E-state index in [0.717, 1.165) is 18.8 Å². The Morgan fingerprint density at radius 3 is 2.86 bits per heavy atom. The molecule has 28 heavy (non-hydrogen) atoms. The van der Waals surface area contributed by atoms with Crippen molar-refractivity contribution in [2.45, 2.75) is 38.2 Å². The van der Waals surface area contributed by atoms with Crippen LogP contribution < -0.4 is 4.65 Å². The lowest BCUT2D eigenvalue weighted by molar-refractivity contribution is -0.118. The number of pyridine rings is 1. The van der Waals surface area contributed by atoms with Crippen LogP contribution in [0.3, 0.4) is 0 Å². The number of aromatic carboxylic acids is 1. The van der Waals surface area contributed by atoms with Gasteiger partial charge in [0.25, 0.3) is 0 Å². The van der Waals surface area contributed by atoms with Gasteiger partial charge in [0.2, 0.25) is 0 Å². The summed E-state index contributed by atoms with van der Waals surface area (Å²) in [5.41, 5.74) is 3.85. The molecule has 0 saturated carbocycles. The normalized spacial score (nSPS) is 18.4. The molecule has 0 saturated heterocycles. The SMILES string of the molecule is CN1Cc2cnc(CC(=O)C[C@H]3Cc4cccc(C(=O)O)c4OB3O)cc2C1. The molecule has 3 heterocycles. The first kappa shape index (κ1) is 18.6. The number of para-hydroxylation sites is 1. The van der Waals surface area contributed by atoms with Crippen LogP contribution in [-0.4, -0.2) is 45.9 Å². The minimum atomic E-state index is -1.21. The number of carbonyl (C=O) groups is 2. The van der Waals surface area contributed by atoms with Crippen molar-refractivity contribution < 1.29 is 24.4 Å². The van der Waals surface area contributed by atoms with E-state index in [9.17, 15) is 19.7 Å². The van der Waals surface area contributed by atoms with E-state index in [1.807, 2.05) is 19.3 Å². The van der Waals surface area contributed by atoms with Crippen molar-refractivity contribution in [3.8, 4) is 5.75 Å². The van der Waals surface area contributed by atoms with Crippen LogP contribution >= 0.6 is 0 Å². The van der Waals surface area contributed by atoms with Gasteiger partial charge in [-0.3, -0.25) is 14.7 Å². The quantitative estimate of drug-likeness (QED) is 0.762. The molecule has 144 valence electrons. The largest absolute Gasteiger partial charge is 0.535 e. The summed E-state index contributed by atoms with van der Waals surface area (Å²) in [5.74, 6) is -1.35. The van der Waals surface area contributed by atoms with Crippen molar-refractivity contribution in [2.24, 2.45) is 0 Å². The number of hydrogen-bond acceptors (Lipinski definition) is 6. The molecular formula is C20H21BN2O5. The van der Waals surface area contributed by atoms with Crippen LogP contribution in [0.2, 0.25) is 5.82 Å². The summed E-state index contributed by atoms with van der Waals surface area (Å²) < 4.78 is 5.46. The topological polar surface area (TPSA) is 100.0 Å². The molecule has 0 spiro atoms. The van der Waals surface area contributed by atoms with Gasteiger partial charge in [0.15, 0.2) is 0 Å². The van der Waals surface area contributed by atoms with Crippen molar-refractivity contribution in [1.29, 1.82) is 0 Å². The van der Waals surface area contributed by atoms with E-state index < -0.39 is 18.9 Å². The summed E-state index contributed by atoms with van der Waals surface area (Å²) in [5, 5.41) is 19.6. The standard InChI is InChI=1S/C20H21BN2O5/c1-23-10-13-6-16(22-9-14(13)11-23)8-17(24)7-15-5-12-3-2-4-18(20(25)26)19(12)28-21(15)27/h2-4,6,9,15,27H,5,7-8,10-11H2,1H3,(H,25,26)/t15-/m1/s1. The van der Waals surface area contributed by atoms with Gasteiger partial charge in [0.1, 0.15) is 11.5 Å². The first-order valence-corrected chi connectivity index (χ1v) is 9.27. The minimum absolute atomic E-state index is 0.0219. The molecule has 1 aromatic carbocycles. The summed E-state index contributed by atoms with van der Waals surface area (Å²) in [7, 11) is 0.835. The van der Waals surface area contributed by atoms with Gasteiger partial charge in [-0.1, -0.05) is 12.1 Å². The summed E-state index contributed by atoms with van der Waals surface area (Å²) in [6.07, 6.45) is 2.59. The smallest absolute Gasteiger partial charge is 0.526 e. The fourth-order valence-corrected chi connectivity index (χ4v) is 3.99. The van der Waals surface area contributed by atoms with Crippen molar-refractivity contribution in [3.05, 3.63) is 58.4 Å². The van der Waals surface area contributed by atoms with E-state index in [0.29, 0.717) is 12.0 Å². The molecule has 4 rings (SSSR count). The zero-order valence-corrected chi connectivity index (χ0v) is 15.6. The highest BCUT2D eigenvalue weighted by Crippen LogP contribution is 2.36. The molecule has 0 amide bonds. The molecule has 8 heteroatoms. The average molecular weight is 380 g/mol. The van der Waals surface area contributed by atoms with Crippen molar-refractivity contribution >= 4 is 18.9 Å². The van der Waals surface area contributed by atoms with Gasteiger partial charge >= 0.3 is 13.1 Å². The van der Waals surface area contributed by atoms with Gasteiger partial charge in [-0.05, 0) is 42.3 Å². The van der Waals surface area contributed by atoms with Gasteiger partial charge in [-0.2, -0.15) is 0 Å². The van der Waals surface area contributed by atoms with Gasteiger partial charge in [0, 0.05) is 43.6 Å². The Kier molecular flexibility index (Phi) is 4.91. The predicted octanol–water partition coefficient (Wildman–Crippen LogP) is 1.71. The molecule has 1 atom stereocenters. The Morgan fingerprint density at radius 2 is 2.07 bits per heavy atom. The molecule has 2 aromatic rings. The summed E-state index contributed by atoms with van der Waals surface area (Å²) in [4.78, 5) is 30.5. The summed E-state index contributed by atoms with van der Waals surface area (Å²) in [6, 6.07) is 6.84. The number of aromatic nitrogens is 1. The molecule has 0 bridgehead atoms. The summed E-state index contributed by atoms with van der Waals surface area (Å²) in [6.45, 7) is 1.73. The second-order valence-corrected chi connectivity index (χ2v) is 7.61. The maximum absolute atomic E-state index is 12.6. The van der Waals surface area contributed by atoms with E-state index >= 15 is 0 Å². The van der Waals surface area contributed by atoms with Crippen molar-refractivity contribution in [1.82, 2.24) is 9.88 Å². The lowest BCUT2D eigenvalue weighted by atomic mass is 9.64. The molecule has 0 aliphatic carbocycles. The zero-order chi connectivity index (χ0) is 19.8. The molecule has 0 fully saturated rings.